The van der Waals surface area contributed by atoms with E-state index in [1.165, 1.54) is 37.4 Å². The number of benzene rings is 2. The van der Waals surface area contributed by atoms with Gasteiger partial charge >= 0.3 is 0 Å². The zero-order chi connectivity index (χ0) is 27.7. The number of ether oxygens (including phenoxy) is 3. The topological polar surface area (TPSA) is 112 Å². The van der Waals surface area contributed by atoms with E-state index in [4.69, 9.17) is 25.8 Å². The van der Waals surface area contributed by atoms with Crippen molar-refractivity contribution < 1.29 is 28.2 Å². The molecule has 0 bridgehead atoms. The number of amides is 2. The number of hydrogen-bond acceptors (Lipinski definition) is 7. The lowest BCUT2D eigenvalue weighted by Gasteiger charge is -2.17. The Balaban J connectivity index is 1.35. The van der Waals surface area contributed by atoms with Gasteiger partial charge in [0.15, 0.2) is 11.5 Å². The van der Waals surface area contributed by atoms with E-state index >= 15 is 0 Å². The van der Waals surface area contributed by atoms with Gasteiger partial charge in [-0.05, 0) is 62.2 Å². The minimum absolute atomic E-state index is 0.129. The first kappa shape index (κ1) is 26.2. The molecule has 39 heavy (non-hydrogen) atoms. The van der Waals surface area contributed by atoms with Crippen LogP contribution in [0.2, 0.25) is 5.02 Å². The molecule has 200 valence electrons. The number of rotatable bonds is 8. The molecule has 4 aromatic rings. The van der Waals surface area contributed by atoms with Crippen LogP contribution >= 0.6 is 11.6 Å². The summed E-state index contributed by atoms with van der Waals surface area (Å²) >= 11 is 6.50. The first-order valence-corrected chi connectivity index (χ1v) is 12.4. The molecule has 2 amide bonds. The highest BCUT2D eigenvalue weighted by atomic mass is 35.5. The van der Waals surface area contributed by atoms with Crippen LogP contribution in [-0.4, -0.2) is 36.0 Å². The second-order valence-electron chi connectivity index (χ2n) is 9.04. The summed E-state index contributed by atoms with van der Waals surface area (Å²) in [5.41, 5.74) is 0.593. The Kier molecular flexibility index (Phi) is 6.96. The van der Waals surface area contributed by atoms with Crippen molar-refractivity contribution >= 4 is 45.7 Å². The van der Waals surface area contributed by atoms with Crippen molar-refractivity contribution in [2.75, 3.05) is 24.9 Å². The number of methoxy groups -OCH3 is 2. The molecule has 0 saturated heterocycles. The third-order valence-corrected chi connectivity index (χ3v) is 6.79. The van der Waals surface area contributed by atoms with Crippen LogP contribution in [0.4, 0.5) is 15.8 Å². The number of halogens is 2. The summed E-state index contributed by atoms with van der Waals surface area (Å²) in [6.07, 6.45) is 2.36. The van der Waals surface area contributed by atoms with E-state index in [9.17, 15) is 14.0 Å². The van der Waals surface area contributed by atoms with Gasteiger partial charge in [0, 0.05) is 23.3 Å². The predicted molar refractivity (Wildman–Crippen MR) is 144 cm³/mol. The van der Waals surface area contributed by atoms with E-state index in [2.05, 4.69) is 20.6 Å². The zero-order valence-corrected chi connectivity index (χ0v) is 22.1. The van der Waals surface area contributed by atoms with E-state index in [0.29, 0.717) is 58.1 Å². The van der Waals surface area contributed by atoms with Gasteiger partial charge in [-0.25, -0.2) is 9.37 Å². The smallest absolute Gasteiger partial charge is 0.240 e. The Bertz CT molecular complexity index is 1590. The van der Waals surface area contributed by atoms with E-state index in [-0.39, 0.29) is 10.9 Å². The normalized spacial score (nSPS) is 13.5. The van der Waals surface area contributed by atoms with Crippen molar-refractivity contribution in [2.24, 2.45) is 5.41 Å². The standard InChI is InChI=1S/C28H24ClFN4O5/c1-15-20(34-27(36)28(9-10-28)26(35)33-17-6-4-16(30)5-7-17)13-19(29)25(32-15)39-22-8-11-31-21-14-24(38-3)23(37-2)12-18(21)22/h4-8,11-14H,9-10H2,1-3H3,(H,33,35)(H,34,36). The summed E-state index contributed by atoms with van der Waals surface area (Å²) in [4.78, 5) is 34.8. The first-order valence-electron chi connectivity index (χ1n) is 12.0. The van der Waals surface area contributed by atoms with Crippen molar-refractivity contribution in [1.29, 1.82) is 0 Å². The zero-order valence-electron chi connectivity index (χ0n) is 21.3. The fraction of sp³-hybridized carbons (Fsp3) is 0.214. The maximum atomic E-state index is 13.2. The average molecular weight is 551 g/mol. The number of fused-ring (bicyclic) bond motifs is 1. The molecule has 1 aliphatic carbocycles. The number of nitrogens with zero attached hydrogens (tertiary/aromatic N) is 2. The summed E-state index contributed by atoms with van der Waals surface area (Å²) in [5, 5.41) is 6.27. The van der Waals surface area contributed by atoms with Gasteiger partial charge in [0.1, 0.15) is 22.0 Å². The van der Waals surface area contributed by atoms with Gasteiger partial charge in [0.05, 0.1) is 31.1 Å². The summed E-state index contributed by atoms with van der Waals surface area (Å²) in [6, 6.07) is 12.0. The third-order valence-electron chi connectivity index (χ3n) is 6.52. The molecule has 2 aromatic carbocycles. The number of pyridine rings is 2. The van der Waals surface area contributed by atoms with Crippen LogP contribution in [0.3, 0.4) is 0 Å². The molecule has 11 heteroatoms. The molecule has 0 spiro atoms. The van der Waals surface area contributed by atoms with Crippen LogP contribution in [0.5, 0.6) is 23.1 Å². The molecule has 2 aromatic heterocycles. The molecule has 0 radical (unpaired) electrons. The van der Waals surface area contributed by atoms with E-state index < -0.39 is 23.0 Å². The molecule has 0 unspecified atom stereocenters. The molecule has 2 N–H and O–H groups in total. The maximum absolute atomic E-state index is 13.2. The molecule has 9 nitrogen and oxygen atoms in total. The van der Waals surface area contributed by atoms with E-state index in [0.717, 1.165) is 0 Å². The lowest BCUT2D eigenvalue weighted by molar-refractivity contribution is -0.131. The Morgan fingerprint density at radius 1 is 0.949 bits per heavy atom. The van der Waals surface area contributed by atoms with Crippen LogP contribution in [0, 0.1) is 18.2 Å². The minimum atomic E-state index is -1.22. The molecular weight excluding hydrogens is 527 g/mol. The highest BCUT2D eigenvalue weighted by Crippen LogP contribution is 2.48. The molecule has 2 heterocycles. The molecule has 1 aliphatic rings. The molecule has 1 fully saturated rings. The SMILES string of the molecule is COc1cc2nccc(Oc3nc(C)c(NC(=O)C4(C(=O)Nc5ccc(F)cc5)CC4)cc3Cl)c2cc1OC. The lowest BCUT2D eigenvalue weighted by Crippen LogP contribution is -2.35. The van der Waals surface area contributed by atoms with Gasteiger partial charge in [-0.3, -0.25) is 14.6 Å². The molecule has 0 aliphatic heterocycles. The van der Waals surface area contributed by atoms with Crippen LogP contribution in [0.1, 0.15) is 18.5 Å². The van der Waals surface area contributed by atoms with Crippen molar-refractivity contribution in [3.63, 3.8) is 0 Å². The summed E-state index contributed by atoms with van der Waals surface area (Å²) in [7, 11) is 3.08. The number of aromatic nitrogens is 2. The van der Waals surface area contributed by atoms with E-state index in [1.54, 1.807) is 38.4 Å². The lowest BCUT2D eigenvalue weighted by atomic mass is 10.0. The summed E-state index contributed by atoms with van der Waals surface area (Å²) in [6.45, 7) is 1.69. The number of aryl methyl sites for hydroxylation is 1. The quantitative estimate of drug-likeness (QED) is 0.263. The van der Waals surface area contributed by atoms with Crippen LogP contribution < -0.4 is 24.8 Å². The number of hydrogen-bond donors (Lipinski definition) is 2. The Morgan fingerprint density at radius 2 is 1.62 bits per heavy atom. The van der Waals surface area contributed by atoms with Crippen LogP contribution in [-0.2, 0) is 9.59 Å². The number of nitrogens with one attached hydrogen (secondary N) is 2. The van der Waals surface area contributed by atoms with Crippen molar-refractivity contribution in [3.05, 3.63) is 71.3 Å². The number of carbonyl (C=O) groups excluding carboxylic acids is 2. The molecule has 5 rings (SSSR count). The van der Waals surface area contributed by atoms with Gasteiger partial charge in [0.25, 0.3) is 0 Å². The Hall–Kier alpha value is -4.44. The molecular formula is C28H24ClFN4O5. The third kappa shape index (κ3) is 5.15. The largest absolute Gasteiger partial charge is 0.493 e. The molecule has 1 saturated carbocycles. The Labute approximate surface area is 228 Å². The number of anilines is 2. The van der Waals surface area contributed by atoms with E-state index in [1.807, 2.05) is 0 Å². The Morgan fingerprint density at radius 3 is 2.28 bits per heavy atom. The van der Waals surface area contributed by atoms with Gasteiger partial charge in [-0.1, -0.05) is 11.6 Å². The van der Waals surface area contributed by atoms with Crippen molar-refractivity contribution in [3.8, 4) is 23.1 Å². The van der Waals surface area contributed by atoms with Crippen molar-refractivity contribution in [2.45, 2.75) is 19.8 Å². The van der Waals surface area contributed by atoms with Gasteiger partial charge in [0.2, 0.25) is 17.7 Å². The first-order chi connectivity index (χ1) is 18.7. The summed E-state index contributed by atoms with van der Waals surface area (Å²) in [5.74, 6) is 0.259. The maximum Gasteiger partial charge on any atom is 0.240 e. The molecule has 0 atom stereocenters. The monoisotopic (exact) mass is 550 g/mol. The summed E-state index contributed by atoms with van der Waals surface area (Å²) < 4.78 is 30.0. The van der Waals surface area contributed by atoms with Gasteiger partial charge < -0.3 is 24.8 Å². The van der Waals surface area contributed by atoms with Gasteiger partial charge in [-0.15, -0.1) is 0 Å². The second-order valence-corrected chi connectivity index (χ2v) is 9.45. The van der Waals surface area contributed by atoms with Crippen LogP contribution in [0.25, 0.3) is 10.9 Å². The fourth-order valence-corrected chi connectivity index (χ4v) is 4.30. The van der Waals surface area contributed by atoms with Crippen molar-refractivity contribution in [1.82, 2.24) is 9.97 Å². The number of carbonyl (C=O) groups is 2. The second kappa shape index (κ2) is 10.4. The highest BCUT2D eigenvalue weighted by Gasteiger charge is 2.56. The highest BCUT2D eigenvalue weighted by molar-refractivity contribution is 6.32. The predicted octanol–water partition coefficient (Wildman–Crippen LogP) is 5.90. The average Bonchev–Trinajstić information content (AvgIpc) is 3.74. The minimum Gasteiger partial charge on any atom is -0.493 e. The van der Waals surface area contributed by atoms with Crippen LogP contribution in [0.15, 0.2) is 54.7 Å². The van der Waals surface area contributed by atoms with Gasteiger partial charge in [-0.2, -0.15) is 0 Å². The fourth-order valence-electron chi connectivity index (χ4n) is 4.11.